The highest BCUT2D eigenvalue weighted by atomic mass is 32.1. The first-order chi connectivity index (χ1) is 12.2. The zero-order valence-corrected chi connectivity index (χ0v) is 14.3. The van der Waals surface area contributed by atoms with E-state index in [1.54, 1.807) is 29.9 Å². The average Bonchev–Trinajstić information content (AvgIpc) is 3.27. The van der Waals surface area contributed by atoms with E-state index in [1.165, 1.54) is 0 Å². The van der Waals surface area contributed by atoms with Crippen LogP contribution in [0, 0.1) is 6.92 Å². The number of hydrogen-bond donors (Lipinski definition) is 1. The number of amides is 1. The van der Waals surface area contributed by atoms with Gasteiger partial charge in [0.25, 0.3) is 5.91 Å². The van der Waals surface area contributed by atoms with Crippen LogP contribution in [0.4, 0.5) is 0 Å². The van der Waals surface area contributed by atoms with E-state index in [-0.39, 0.29) is 5.91 Å². The van der Waals surface area contributed by atoms with Crippen LogP contribution in [0.25, 0.3) is 21.7 Å². The van der Waals surface area contributed by atoms with E-state index in [0.29, 0.717) is 17.9 Å². The molecule has 1 aromatic carbocycles. The SMILES string of the molecule is Cc1nc2ccc(C(=O)NCc3ccnc(-c4ccco4)c3)cc2s1. The van der Waals surface area contributed by atoms with Gasteiger partial charge in [0, 0.05) is 18.3 Å². The lowest BCUT2D eigenvalue weighted by molar-refractivity contribution is 0.0951. The minimum atomic E-state index is -0.107. The summed E-state index contributed by atoms with van der Waals surface area (Å²) in [6, 6.07) is 13.0. The van der Waals surface area contributed by atoms with Crippen LogP contribution >= 0.6 is 11.3 Å². The number of carbonyl (C=O) groups excluding carboxylic acids is 1. The number of benzene rings is 1. The highest BCUT2D eigenvalue weighted by molar-refractivity contribution is 7.18. The van der Waals surface area contributed by atoms with Crippen LogP contribution in [0.1, 0.15) is 20.9 Å². The first-order valence-corrected chi connectivity index (χ1v) is 8.65. The van der Waals surface area contributed by atoms with E-state index in [0.717, 1.165) is 26.5 Å². The highest BCUT2D eigenvalue weighted by Crippen LogP contribution is 2.23. The van der Waals surface area contributed by atoms with Crippen LogP contribution < -0.4 is 5.32 Å². The van der Waals surface area contributed by atoms with Crippen molar-refractivity contribution in [3.05, 3.63) is 71.1 Å². The predicted molar refractivity (Wildman–Crippen MR) is 97.5 cm³/mol. The van der Waals surface area contributed by atoms with E-state index >= 15 is 0 Å². The van der Waals surface area contributed by atoms with E-state index in [2.05, 4.69) is 15.3 Å². The van der Waals surface area contributed by atoms with Gasteiger partial charge in [0.05, 0.1) is 21.5 Å². The number of carbonyl (C=O) groups is 1. The molecule has 4 rings (SSSR count). The molecule has 0 atom stereocenters. The summed E-state index contributed by atoms with van der Waals surface area (Å²) in [7, 11) is 0. The number of thiazole rings is 1. The minimum Gasteiger partial charge on any atom is -0.463 e. The van der Waals surface area contributed by atoms with Gasteiger partial charge in [0.15, 0.2) is 5.76 Å². The van der Waals surface area contributed by atoms with Gasteiger partial charge >= 0.3 is 0 Å². The second-order valence-electron chi connectivity index (χ2n) is 5.62. The fraction of sp³-hybridized carbons (Fsp3) is 0.105. The van der Waals surface area contributed by atoms with Gasteiger partial charge in [-0.2, -0.15) is 0 Å². The summed E-state index contributed by atoms with van der Waals surface area (Å²) >= 11 is 1.59. The fourth-order valence-corrected chi connectivity index (χ4v) is 3.48. The zero-order valence-electron chi connectivity index (χ0n) is 13.5. The molecule has 0 aliphatic heterocycles. The molecular weight excluding hydrogens is 334 g/mol. The number of rotatable bonds is 4. The molecule has 0 aliphatic carbocycles. The molecule has 0 unspecified atom stereocenters. The zero-order chi connectivity index (χ0) is 17.2. The van der Waals surface area contributed by atoms with Crippen molar-refractivity contribution in [2.75, 3.05) is 0 Å². The van der Waals surface area contributed by atoms with Crippen molar-refractivity contribution in [3.63, 3.8) is 0 Å². The minimum absolute atomic E-state index is 0.107. The van der Waals surface area contributed by atoms with Gasteiger partial charge in [-0.1, -0.05) is 0 Å². The summed E-state index contributed by atoms with van der Waals surface area (Å²) in [5.41, 5.74) is 3.27. The molecule has 0 saturated heterocycles. The predicted octanol–water partition coefficient (Wildman–Crippen LogP) is 4.19. The van der Waals surface area contributed by atoms with E-state index in [1.807, 2.05) is 43.3 Å². The molecule has 3 aromatic heterocycles. The molecule has 0 radical (unpaired) electrons. The third kappa shape index (κ3) is 3.29. The van der Waals surface area contributed by atoms with Gasteiger partial charge < -0.3 is 9.73 Å². The number of hydrogen-bond acceptors (Lipinski definition) is 5. The number of nitrogens with one attached hydrogen (secondary N) is 1. The van der Waals surface area contributed by atoms with Gasteiger partial charge in [-0.3, -0.25) is 9.78 Å². The Bertz CT molecular complexity index is 1040. The summed E-state index contributed by atoms with van der Waals surface area (Å²) in [4.78, 5) is 21.1. The molecule has 1 amide bonds. The summed E-state index contributed by atoms with van der Waals surface area (Å²) < 4.78 is 6.38. The number of nitrogens with zero attached hydrogens (tertiary/aromatic N) is 2. The monoisotopic (exact) mass is 349 g/mol. The Kier molecular flexibility index (Phi) is 4.03. The molecule has 5 nitrogen and oxygen atoms in total. The largest absolute Gasteiger partial charge is 0.463 e. The van der Waals surface area contributed by atoms with Crippen molar-refractivity contribution < 1.29 is 9.21 Å². The van der Waals surface area contributed by atoms with Crippen molar-refractivity contribution in [2.45, 2.75) is 13.5 Å². The Labute approximate surface area is 148 Å². The standard InChI is InChI=1S/C19H15N3O2S/c1-12-22-15-5-4-14(10-18(15)25-12)19(23)21-11-13-6-7-20-16(9-13)17-3-2-8-24-17/h2-10H,11H2,1H3,(H,21,23). The Morgan fingerprint density at radius 2 is 2.16 bits per heavy atom. The van der Waals surface area contributed by atoms with Crippen molar-refractivity contribution in [1.82, 2.24) is 15.3 Å². The van der Waals surface area contributed by atoms with Gasteiger partial charge in [0.2, 0.25) is 0 Å². The lowest BCUT2D eigenvalue weighted by Gasteiger charge is -2.06. The first kappa shape index (κ1) is 15.5. The maximum absolute atomic E-state index is 12.4. The fourth-order valence-electron chi connectivity index (χ4n) is 2.61. The van der Waals surface area contributed by atoms with Crippen LogP contribution in [0.2, 0.25) is 0 Å². The molecule has 3 heterocycles. The average molecular weight is 349 g/mol. The molecule has 0 fully saturated rings. The number of fused-ring (bicyclic) bond motifs is 1. The molecule has 124 valence electrons. The van der Waals surface area contributed by atoms with E-state index < -0.39 is 0 Å². The topological polar surface area (TPSA) is 68.0 Å². The Morgan fingerprint density at radius 1 is 1.24 bits per heavy atom. The second-order valence-corrected chi connectivity index (χ2v) is 6.86. The van der Waals surface area contributed by atoms with Crippen molar-refractivity contribution in [2.24, 2.45) is 0 Å². The molecule has 0 aliphatic rings. The maximum atomic E-state index is 12.4. The second kappa shape index (κ2) is 6.49. The van der Waals surface area contributed by atoms with Crippen LogP contribution in [-0.4, -0.2) is 15.9 Å². The number of pyridine rings is 1. The van der Waals surface area contributed by atoms with Crippen molar-refractivity contribution >= 4 is 27.5 Å². The maximum Gasteiger partial charge on any atom is 0.251 e. The van der Waals surface area contributed by atoms with E-state index in [9.17, 15) is 4.79 Å². The Hall–Kier alpha value is -2.99. The van der Waals surface area contributed by atoms with E-state index in [4.69, 9.17) is 4.42 Å². The number of aromatic nitrogens is 2. The van der Waals surface area contributed by atoms with Gasteiger partial charge in [-0.25, -0.2) is 4.98 Å². The van der Waals surface area contributed by atoms with Gasteiger partial charge in [-0.15, -0.1) is 11.3 Å². The smallest absolute Gasteiger partial charge is 0.251 e. The quantitative estimate of drug-likeness (QED) is 0.600. The third-order valence-electron chi connectivity index (χ3n) is 3.81. The summed E-state index contributed by atoms with van der Waals surface area (Å²) in [6.07, 6.45) is 3.33. The molecular formula is C19H15N3O2S. The summed E-state index contributed by atoms with van der Waals surface area (Å²) in [5, 5.41) is 3.94. The summed E-state index contributed by atoms with van der Waals surface area (Å²) in [5.74, 6) is 0.600. The molecule has 0 saturated carbocycles. The first-order valence-electron chi connectivity index (χ1n) is 7.83. The van der Waals surface area contributed by atoms with Crippen LogP contribution in [0.3, 0.4) is 0 Å². The highest BCUT2D eigenvalue weighted by Gasteiger charge is 2.09. The summed E-state index contributed by atoms with van der Waals surface area (Å²) in [6.45, 7) is 2.39. The number of aryl methyl sites for hydroxylation is 1. The lowest BCUT2D eigenvalue weighted by Crippen LogP contribution is -2.22. The molecule has 1 N–H and O–H groups in total. The van der Waals surface area contributed by atoms with Crippen LogP contribution in [-0.2, 0) is 6.54 Å². The Balaban J connectivity index is 1.48. The Morgan fingerprint density at radius 3 is 3.00 bits per heavy atom. The molecule has 25 heavy (non-hydrogen) atoms. The van der Waals surface area contributed by atoms with Crippen molar-refractivity contribution in [3.8, 4) is 11.5 Å². The van der Waals surface area contributed by atoms with Gasteiger partial charge in [0.1, 0.15) is 5.69 Å². The molecule has 0 bridgehead atoms. The normalized spacial score (nSPS) is 10.9. The van der Waals surface area contributed by atoms with Crippen LogP contribution in [0.15, 0.2) is 59.3 Å². The van der Waals surface area contributed by atoms with Crippen LogP contribution in [0.5, 0.6) is 0 Å². The van der Waals surface area contributed by atoms with Gasteiger partial charge in [-0.05, 0) is 55.0 Å². The molecule has 0 spiro atoms. The lowest BCUT2D eigenvalue weighted by atomic mass is 10.1. The molecule has 4 aromatic rings. The molecule has 6 heteroatoms. The number of furan rings is 1. The van der Waals surface area contributed by atoms with Crippen molar-refractivity contribution in [1.29, 1.82) is 0 Å². The third-order valence-corrected chi connectivity index (χ3v) is 4.74.